The number of ether oxygens (including phenoxy) is 1. The third-order valence-corrected chi connectivity index (χ3v) is 10.3. The van der Waals surface area contributed by atoms with Gasteiger partial charge in [-0.15, -0.1) is 5.10 Å². The Labute approximate surface area is 294 Å². The predicted octanol–water partition coefficient (Wildman–Crippen LogP) is 5.75. The van der Waals surface area contributed by atoms with Crippen LogP contribution in [-0.4, -0.2) is 105 Å². The number of fused-ring (bicyclic) bond motifs is 1. The van der Waals surface area contributed by atoms with E-state index in [2.05, 4.69) is 49.6 Å². The second-order valence-electron chi connectivity index (χ2n) is 13.5. The molecule has 0 N–H and O–H groups in total. The highest BCUT2D eigenvalue weighted by molar-refractivity contribution is 5.98. The van der Waals surface area contributed by atoms with E-state index in [1.54, 1.807) is 19.2 Å². The standard InChI is InChI=1S/C37H42F3N9O2/c1-51-33-14-13-29(49-27-41-43-44-49)25-30(33)34(50)47-22-17-36(26-47,28-9-3-2-4-10-28)16-21-45-18-8-19-46(24-23-45)35-42-31-11-5-6-12-32(31)48(35)20-7-15-37(38,39)40/h2-6,9-14,25,27H,7-8,15-24,26H2,1H3. The fourth-order valence-electron chi connectivity index (χ4n) is 7.61. The lowest BCUT2D eigenvalue weighted by molar-refractivity contribution is -0.135. The minimum absolute atomic E-state index is 0.00935. The zero-order valence-corrected chi connectivity index (χ0v) is 28.7. The smallest absolute Gasteiger partial charge is 0.389 e. The van der Waals surface area contributed by atoms with Crippen LogP contribution in [0.5, 0.6) is 5.75 Å². The van der Waals surface area contributed by atoms with Crippen LogP contribution in [0.25, 0.3) is 16.7 Å². The number of para-hydroxylation sites is 2. The molecule has 51 heavy (non-hydrogen) atoms. The van der Waals surface area contributed by atoms with Crippen molar-refractivity contribution in [2.75, 3.05) is 57.8 Å². The lowest BCUT2D eigenvalue weighted by Gasteiger charge is -2.33. The normalized spacial score (nSPS) is 18.7. The molecule has 268 valence electrons. The molecular weight excluding hydrogens is 659 g/mol. The molecule has 1 amide bonds. The molecule has 1 atom stereocenters. The summed E-state index contributed by atoms with van der Waals surface area (Å²) in [5.74, 6) is 1.14. The molecule has 0 saturated carbocycles. The second kappa shape index (κ2) is 14.7. The van der Waals surface area contributed by atoms with Gasteiger partial charge in [-0.05, 0) is 85.1 Å². The largest absolute Gasteiger partial charge is 0.496 e. The Balaban J connectivity index is 1.06. The molecule has 14 heteroatoms. The highest BCUT2D eigenvalue weighted by atomic mass is 19.4. The highest BCUT2D eigenvalue weighted by Gasteiger charge is 2.42. The molecule has 1 unspecified atom stereocenters. The monoisotopic (exact) mass is 701 g/mol. The summed E-state index contributed by atoms with van der Waals surface area (Å²) >= 11 is 0. The number of likely N-dealkylation sites (tertiary alicyclic amines) is 1. The maximum atomic E-state index is 14.1. The molecule has 2 aliphatic rings. The number of carbonyl (C=O) groups excluding carboxylic acids is 1. The maximum absolute atomic E-state index is 14.1. The summed E-state index contributed by atoms with van der Waals surface area (Å²) in [6.07, 6.45) is -0.891. The van der Waals surface area contributed by atoms with Gasteiger partial charge in [-0.3, -0.25) is 4.79 Å². The molecule has 2 saturated heterocycles. The average molecular weight is 702 g/mol. The van der Waals surface area contributed by atoms with Crippen LogP contribution >= 0.6 is 0 Å². The van der Waals surface area contributed by atoms with Crippen molar-refractivity contribution in [3.63, 3.8) is 0 Å². The zero-order chi connectivity index (χ0) is 35.4. The van der Waals surface area contributed by atoms with E-state index >= 15 is 0 Å². The Morgan fingerprint density at radius 1 is 0.941 bits per heavy atom. The summed E-state index contributed by atoms with van der Waals surface area (Å²) in [5, 5.41) is 11.4. The molecule has 7 rings (SSSR count). The first-order valence-electron chi connectivity index (χ1n) is 17.5. The number of carbonyl (C=O) groups is 1. The van der Waals surface area contributed by atoms with E-state index in [0.717, 1.165) is 69.0 Å². The number of aromatic nitrogens is 6. The fourth-order valence-corrected chi connectivity index (χ4v) is 7.61. The SMILES string of the molecule is COc1ccc(-n2cnnn2)cc1C(=O)N1CCC(CCN2CCCN(c3nc4ccccc4n3CCCC(F)(F)F)CC2)(c2ccccc2)C1. The Kier molecular flexibility index (Phi) is 9.94. The van der Waals surface area contributed by atoms with E-state index in [0.29, 0.717) is 30.1 Å². The number of benzene rings is 3. The summed E-state index contributed by atoms with van der Waals surface area (Å²) in [6, 6.07) is 23.5. The minimum atomic E-state index is -4.19. The fraction of sp³-hybridized carbons (Fsp3) is 0.432. The van der Waals surface area contributed by atoms with Crippen molar-refractivity contribution in [3.8, 4) is 11.4 Å². The minimum Gasteiger partial charge on any atom is -0.496 e. The Bertz CT molecular complexity index is 1930. The van der Waals surface area contributed by atoms with Crippen LogP contribution in [-0.2, 0) is 12.0 Å². The number of rotatable bonds is 11. The van der Waals surface area contributed by atoms with Gasteiger partial charge < -0.3 is 24.0 Å². The Morgan fingerprint density at radius 2 is 1.76 bits per heavy atom. The lowest BCUT2D eigenvalue weighted by atomic mass is 9.76. The van der Waals surface area contributed by atoms with E-state index in [9.17, 15) is 18.0 Å². The van der Waals surface area contributed by atoms with Gasteiger partial charge in [-0.25, -0.2) is 9.67 Å². The summed E-state index contributed by atoms with van der Waals surface area (Å²) in [5.41, 5.74) is 3.79. The number of nitrogens with zero attached hydrogens (tertiary/aromatic N) is 9. The van der Waals surface area contributed by atoms with Crippen LogP contribution in [0.15, 0.2) is 79.1 Å². The molecule has 4 heterocycles. The first-order chi connectivity index (χ1) is 24.7. The lowest BCUT2D eigenvalue weighted by Crippen LogP contribution is -2.39. The van der Waals surface area contributed by atoms with Crippen LogP contribution < -0.4 is 9.64 Å². The van der Waals surface area contributed by atoms with E-state index in [1.165, 1.54) is 16.6 Å². The molecule has 2 fully saturated rings. The number of aryl methyl sites for hydroxylation is 1. The predicted molar refractivity (Wildman–Crippen MR) is 187 cm³/mol. The van der Waals surface area contributed by atoms with Crippen LogP contribution in [0.1, 0.15) is 48.0 Å². The Hall–Kier alpha value is -4.98. The van der Waals surface area contributed by atoms with Gasteiger partial charge in [-0.2, -0.15) is 13.2 Å². The van der Waals surface area contributed by atoms with Gasteiger partial charge >= 0.3 is 6.18 Å². The maximum Gasteiger partial charge on any atom is 0.389 e. The van der Waals surface area contributed by atoms with Crippen molar-refractivity contribution in [3.05, 3.63) is 90.3 Å². The zero-order valence-electron chi connectivity index (χ0n) is 28.7. The van der Waals surface area contributed by atoms with Gasteiger partial charge in [0.2, 0.25) is 5.95 Å². The van der Waals surface area contributed by atoms with Gasteiger partial charge in [-0.1, -0.05) is 42.5 Å². The summed E-state index contributed by atoms with van der Waals surface area (Å²) in [4.78, 5) is 25.6. The van der Waals surface area contributed by atoms with Crippen molar-refractivity contribution in [2.24, 2.45) is 0 Å². The molecule has 5 aromatic rings. The number of imidazole rings is 1. The third-order valence-electron chi connectivity index (χ3n) is 10.3. The number of anilines is 1. The quantitative estimate of drug-likeness (QED) is 0.172. The van der Waals surface area contributed by atoms with E-state index in [4.69, 9.17) is 9.72 Å². The topological polar surface area (TPSA) is 97.4 Å². The molecular formula is C37H42F3N9O2. The molecule has 0 aliphatic carbocycles. The number of methoxy groups -OCH3 is 1. The number of hydrogen-bond acceptors (Lipinski definition) is 8. The van der Waals surface area contributed by atoms with Crippen molar-refractivity contribution < 1.29 is 22.7 Å². The summed E-state index contributed by atoms with van der Waals surface area (Å²) in [7, 11) is 1.56. The number of amides is 1. The van der Waals surface area contributed by atoms with Crippen LogP contribution in [0.2, 0.25) is 0 Å². The second-order valence-corrected chi connectivity index (χ2v) is 13.5. The first kappa shape index (κ1) is 34.5. The molecule has 0 spiro atoms. The number of alkyl halides is 3. The highest BCUT2D eigenvalue weighted by Crippen LogP contribution is 2.39. The molecule has 2 aromatic heterocycles. The number of tetrazole rings is 1. The van der Waals surface area contributed by atoms with Gasteiger partial charge in [0.15, 0.2) is 0 Å². The number of hydrogen-bond donors (Lipinski definition) is 0. The van der Waals surface area contributed by atoms with Crippen molar-refractivity contribution in [1.29, 1.82) is 0 Å². The molecule has 0 bridgehead atoms. The molecule has 2 aliphatic heterocycles. The van der Waals surface area contributed by atoms with Crippen LogP contribution in [0.4, 0.5) is 19.1 Å². The van der Waals surface area contributed by atoms with Gasteiger partial charge in [0, 0.05) is 51.1 Å². The van der Waals surface area contributed by atoms with Gasteiger partial charge in [0.25, 0.3) is 5.91 Å². The first-order valence-corrected chi connectivity index (χ1v) is 17.5. The number of halogens is 3. The summed E-state index contributed by atoms with van der Waals surface area (Å²) in [6.45, 7) is 5.52. The third kappa shape index (κ3) is 7.55. The molecule has 0 radical (unpaired) electrons. The van der Waals surface area contributed by atoms with Crippen molar-refractivity contribution in [1.82, 2.24) is 39.6 Å². The van der Waals surface area contributed by atoms with E-state index < -0.39 is 12.6 Å². The van der Waals surface area contributed by atoms with Gasteiger partial charge in [0.1, 0.15) is 12.1 Å². The molecule has 11 nitrogen and oxygen atoms in total. The average Bonchev–Trinajstić information content (AvgIpc) is 3.88. The Morgan fingerprint density at radius 3 is 2.55 bits per heavy atom. The molecule has 3 aromatic carbocycles. The van der Waals surface area contributed by atoms with Gasteiger partial charge in [0.05, 0.1) is 29.4 Å². The van der Waals surface area contributed by atoms with E-state index in [-0.39, 0.29) is 24.3 Å². The van der Waals surface area contributed by atoms with Crippen molar-refractivity contribution >= 4 is 22.9 Å². The van der Waals surface area contributed by atoms with Crippen LogP contribution in [0.3, 0.4) is 0 Å². The van der Waals surface area contributed by atoms with Crippen LogP contribution in [0, 0.1) is 0 Å². The van der Waals surface area contributed by atoms with E-state index in [1.807, 2.05) is 45.9 Å². The van der Waals surface area contributed by atoms with Crippen molar-refractivity contribution in [2.45, 2.75) is 50.2 Å². The summed E-state index contributed by atoms with van der Waals surface area (Å²) < 4.78 is 48.2.